The van der Waals surface area contributed by atoms with E-state index in [4.69, 9.17) is 13.8 Å². The summed E-state index contributed by atoms with van der Waals surface area (Å²) in [6, 6.07) is 64.2. The average Bonchev–Trinajstić information content (AvgIpc) is 3.92. The van der Waals surface area contributed by atoms with Crippen LogP contribution in [0, 0.1) is 0 Å². The highest BCUT2D eigenvalue weighted by molar-refractivity contribution is 6.17. The van der Waals surface area contributed by atoms with Crippen LogP contribution in [0.15, 0.2) is 191 Å². The van der Waals surface area contributed by atoms with E-state index in [1.807, 2.05) is 12.1 Å². The number of fused-ring (bicyclic) bond motifs is 10. The lowest BCUT2D eigenvalue weighted by Gasteiger charge is -2.12. The van der Waals surface area contributed by atoms with Crippen molar-refractivity contribution in [2.75, 3.05) is 0 Å². The largest absolute Gasteiger partial charge is 0.456 e. The lowest BCUT2D eigenvalue weighted by atomic mass is 9.93. The van der Waals surface area contributed by atoms with Crippen LogP contribution in [0.25, 0.3) is 116 Å². The minimum atomic E-state index is 0.838. The van der Waals surface area contributed by atoms with Gasteiger partial charge in [-0.15, -0.1) is 0 Å². The Balaban J connectivity index is 1.06. The van der Waals surface area contributed by atoms with Gasteiger partial charge in [0, 0.05) is 49.0 Å². The standard InChI is InChI=1S/C51H30N2O2/c1-2-12-33(13-3-1)53-44-20-8-5-15-35(44)40-28-31(24-26-45(40)53)32-25-27-47-41(29-32)51-37(18-11-23-49(51)55-47)43-30-39(34-14-4-7-19-42(34)52-43)36-17-10-22-48-50(36)38-16-6-9-21-46(38)54-48/h1-30H. The van der Waals surface area contributed by atoms with Gasteiger partial charge in [-0.05, 0) is 95.1 Å². The third kappa shape index (κ3) is 4.49. The molecule has 0 unspecified atom stereocenters. The lowest BCUT2D eigenvalue weighted by molar-refractivity contribution is 0.668. The van der Waals surface area contributed by atoms with Gasteiger partial charge >= 0.3 is 0 Å². The van der Waals surface area contributed by atoms with Gasteiger partial charge in [0.25, 0.3) is 0 Å². The molecule has 0 saturated heterocycles. The van der Waals surface area contributed by atoms with E-state index < -0.39 is 0 Å². The first-order chi connectivity index (χ1) is 27.3. The Kier molecular flexibility index (Phi) is 6.31. The number of hydrogen-bond acceptors (Lipinski definition) is 3. The highest BCUT2D eigenvalue weighted by atomic mass is 16.3. The molecule has 0 spiro atoms. The van der Waals surface area contributed by atoms with Crippen LogP contribution < -0.4 is 0 Å². The van der Waals surface area contributed by atoms with Crippen molar-refractivity contribution in [3.63, 3.8) is 0 Å². The molecule has 55 heavy (non-hydrogen) atoms. The first-order valence-corrected chi connectivity index (χ1v) is 18.6. The molecule has 8 aromatic carbocycles. The fraction of sp³-hybridized carbons (Fsp3) is 0. The molecule has 12 aromatic rings. The molecule has 256 valence electrons. The molecule has 0 aliphatic rings. The smallest absolute Gasteiger partial charge is 0.136 e. The number of nitrogens with zero attached hydrogens (tertiary/aromatic N) is 2. The van der Waals surface area contributed by atoms with E-state index in [0.29, 0.717) is 0 Å². The summed E-state index contributed by atoms with van der Waals surface area (Å²) in [5, 5.41) is 7.89. The van der Waals surface area contributed by atoms with Crippen LogP contribution in [-0.4, -0.2) is 9.55 Å². The summed E-state index contributed by atoms with van der Waals surface area (Å²) in [6.45, 7) is 0. The van der Waals surface area contributed by atoms with E-state index in [0.717, 1.165) is 94.0 Å². The first-order valence-electron chi connectivity index (χ1n) is 18.6. The number of pyridine rings is 1. The van der Waals surface area contributed by atoms with Crippen LogP contribution in [0.5, 0.6) is 0 Å². The minimum Gasteiger partial charge on any atom is -0.456 e. The highest BCUT2D eigenvalue weighted by Gasteiger charge is 2.20. The first kappa shape index (κ1) is 30.1. The van der Waals surface area contributed by atoms with Crippen LogP contribution in [0.4, 0.5) is 0 Å². The van der Waals surface area contributed by atoms with Crippen LogP contribution in [0.2, 0.25) is 0 Å². The van der Waals surface area contributed by atoms with Crippen molar-refractivity contribution in [1.82, 2.24) is 9.55 Å². The molecule has 0 atom stereocenters. The summed E-state index contributed by atoms with van der Waals surface area (Å²) in [4.78, 5) is 5.30. The van der Waals surface area contributed by atoms with Gasteiger partial charge in [-0.25, -0.2) is 4.98 Å². The summed E-state index contributed by atoms with van der Waals surface area (Å²) in [6.07, 6.45) is 0. The van der Waals surface area contributed by atoms with Gasteiger partial charge in [-0.2, -0.15) is 0 Å². The Labute approximate surface area is 315 Å². The zero-order valence-corrected chi connectivity index (χ0v) is 29.5. The number of aromatic nitrogens is 2. The summed E-state index contributed by atoms with van der Waals surface area (Å²) >= 11 is 0. The number of benzene rings is 8. The Morgan fingerprint density at radius 1 is 0.364 bits per heavy atom. The van der Waals surface area contributed by atoms with Crippen molar-refractivity contribution in [1.29, 1.82) is 0 Å². The van der Waals surface area contributed by atoms with Gasteiger partial charge in [0.15, 0.2) is 0 Å². The highest BCUT2D eigenvalue weighted by Crippen LogP contribution is 2.43. The SMILES string of the molecule is c1ccc(-n2c3ccccc3c3cc(-c4ccc5oc6cccc(-c7cc(-c8cccc9oc%10ccccc%10c89)c8ccccc8n7)c6c5c4)ccc32)cc1. The predicted octanol–water partition coefficient (Wildman–Crippen LogP) is 14.1. The molecule has 0 radical (unpaired) electrons. The normalized spacial score (nSPS) is 12.0. The van der Waals surface area contributed by atoms with Crippen molar-refractivity contribution < 1.29 is 8.83 Å². The fourth-order valence-corrected chi connectivity index (χ4v) is 8.76. The van der Waals surface area contributed by atoms with Crippen LogP contribution >= 0.6 is 0 Å². The van der Waals surface area contributed by atoms with Crippen molar-refractivity contribution in [3.8, 4) is 39.2 Å². The topological polar surface area (TPSA) is 44.1 Å². The molecule has 4 heterocycles. The maximum absolute atomic E-state index is 6.54. The fourth-order valence-electron chi connectivity index (χ4n) is 8.76. The number of furan rings is 2. The maximum Gasteiger partial charge on any atom is 0.136 e. The van der Waals surface area contributed by atoms with Gasteiger partial charge in [0.1, 0.15) is 22.3 Å². The zero-order valence-electron chi connectivity index (χ0n) is 29.5. The summed E-state index contributed by atoms with van der Waals surface area (Å²) < 4.78 is 15.2. The van der Waals surface area contributed by atoms with E-state index in [9.17, 15) is 0 Å². The van der Waals surface area contributed by atoms with E-state index in [1.165, 1.54) is 21.8 Å². The van der Waals surface area contributed by atoms with E-state index in [-0.39, 0.29) is 0 Å². The molecule has 4 heteroatoms. The molecular weight excluding hydrogens is 673 g/mol. The molecule has 4 nitrogen and oxygen atoms in total. The average molecular weight is 703 g/mol. The number of hydrogen-bond donors (Lipinski definition) is 0. The van der Waals surface area contributed by atoms with E-state index in [2.05, 4.69) is 174 Å². The second-order valence-electron chi connectivity index (χ2n) is 14.3. The molecule has 0 amide bonds. The third-order valence-corrected chi connectivity index (χ3v) is 11.2. The predicted molar refractivity (Wildman–Crippen MR) is 227 cm³/mol. The van der Waals surface area contributed by atoms with Crippen LogP contribution in [-0.2, 0) is 0 Å². The molecule has 4 aromatic heterocycles. The van der Waals surface area contributed by atoms with Crippen molar-refractivity contribution in [2.45, 2.75) is 0 Å². The molecule has 0 N–H and O–H groups in total. The number of rotatable bonds is 4. The molecule has 0 saturated carbocycles. The molecule has 0 aliphatic heterocycles. The maximum atomic E-state index is 6.54. The minimum absolute atomic E-state index is 0.838. The Morgan fingerprint density at radius 2 is 0.964 bits per heavy atom. The van der Waals surface area contributed by atoms with Crippen molar-refractivity contribution in [2.24, 2.45) is 0 Å². The third-order valence-electron chi connectivity index (χ3n) is 11.2. The van der Waals surface area contributed by atoms with Gasteiger partial charge in [-0.1, -0.05) is 109 Å². The molecular formula is C51H30N2O2. The zero-order chi connectivity index (χ0) is 36.0. The van der Waals surface area contributed by atoms with E-state index in [1.54, 1.807) is 0 Å². The van der Waals surface area contributed by atoms with Crippen LogP contribution in [0.1, 0.15) is 0 Å². The van der Waals surface area contributed by atoms with E-state index >= 15 is 0 Å². The van der Waals surface area contributed by atoms with Gasteiger partial charge in [0.05, 0.1) is 22.2 Å². The van der Waals surface area contributed by atoms with Gasteiger partial charge in [0.2, 0.25) is 0 Å². The summed E-state index contributed by atoms with van der Waals surface area (Å²) in [5.41, 5.74) is 14.4. The van der Waals surface area contributed by atoms with Gasteiger partial charge in [-0.3, -0.25) is 0 Å². The second kappa shape index (κ2) is 11.5. The molecule has 0 aliphatic carbocycles. The van der Waals surface area contributed by atoms with Gasteiger partial charge < -0.3 is 13.4 Å². The second-order valence-corrected chi connectivity index (χ2v) is 14.3. The lowest BCUT2D eigenvalue weighted by Crippen LogP contribution is -1.92. The Bertz CT molecular complexity index is 3490. The quantitative estimate of drug-likeness (QED) is 0.183. The molecule has 12 rings (SSSR count). The number of para-hydroxylation sites is 4. The Hall–Kier alpha value is -7.43. The van der Waals surface area contributed by atoms with Crippen LogP contribution in [0.3, 0.4) is 0 Å². The molecule has 0 fully saturated rings. The summed E-state index contributed by atoms with van der Waals surface area (Å²) in [5.74, 6) is 0. The van der Waals surface area contributed by atoms with Crippen molar-refractivity contribution >= 4 is 76.6 Å². The Morgan fingerprint density at radius 3 is 1.80 bits per heavy atom. The monoisotopic (exact) mass is 702 g/mol. The van der Waals surface area contributed by atoms with Crippen molar-refractivity contribution in [3.05, 3.63) is 182 Å². The summed E-state index contributed by atoms with van der Waals surface area (Å²) in [7, 11) is 0. The molecule has 0 bridgehead atoms.